The molecule has 0 radical (unpaired) electrons. The van der Waals surface area contributed by atoms with Crippen LogP contribution in [0.15, 0.2) is 33.5 Å². The first kappa shape index (κ1) is 9.39. The number of hydrogen-bond acceptors (Lipinski definition) is 4. The molecular formula is C12H11NO3. The molecule has 0 saturated heterocycles. The van der Waals surface area contributed by atoms with E-state index < -0.39 is 0 Å². The topological polar surface area (TPSA) is 51.8 Å². The van der Waals surface area contributed by atoms with Gasteiger partial charge in [0.05, 0.1) is 6.26 Å². The summed E-state index contributed by atoms with van der Waals surface area (Å²) in [5.41, 5.74) is 0.330. The van der Waals surface area contributed by atoms with E-state index in [1.807, 2.05) is 0 Å². The standard InChI is InChI=1S/C12H11NO3/c14-12-10(7-9-5-2-6-15-9)13-11(16-12)8-3-1-4-8/h2,5-8H,1,3-4H2/b10-7+. The molecule has 0 aromatic carbocycles. The van der Waals surface area contributed by atoms with Crippen LogP contribution in [0.5, 0.6) is 0 Å². The van der Waals surface area contributed by atoms with E-state index in [0.717, 1.165) is 12.8 Å². The Kier molecular flexibility index (Phi) is 2.13. The minimum Gasteiger partial charge on any atom is -0.465 e. The molecule has 16 heavy (non-hydrogen) atoms. The molecule has 2 aliphatic rings. The molecule has 4 nitrogen and oxygen atoms in total. The van der Waals surface area contributed by atoms with Crippen molar-refractivity contribution < 1.29 is 13.9 Å². The minimum absolute atomic E-state index is 0.330. The molecule has 1 aliphatic heterocycles. The molecule has 0 amide bonds. The van der Waals surface area contributed by atoms with Crippen LogP contribution in [0.25, 0.3) is 6.08 Å². The summed E-state index contributed by atoms with van der Waals surface area (Å²) < 4.78 is 10.3. The number of aliphatic imine (C=N–C) groups is 1. The summed E-state index contributed by atoms with van der Waals surface area (Å²) in [5.74, 6) is 1.16. The fraction of sp³-hybridized carbons (Fsp3) is 0.333. The molecule has 1 saturated carbocycles. The molecule has 4 heteroatoms. The smallest absolute Gasteiger partial charge is 0.363 e. The quantitative estimate of drug-likeness (QED) is 0.564. The highest BCUT2D eigenvalue weighted by atomic mass is 16.6. The number of esters is 1. The zero-order valence-electron chi connectivity index (χ0n) is 8.68. The van der Waals surface area contributed by atoms with Gasteiger partial charge in [-0.2, -0.15) is 0 Å². The van der Waals surface area contributed by atoms with Gasteiger partial charge in [0.1, 0.15) is 5.76 Å². The fourth-order valence-electron chi connectivity index (χ4n) is 1.76. The van der Waals surface area contributed by atoms with Gasteiger partial charge in [-0.3, -0.25) is 0 Å². The van der Waals surface area contributed by atoms with Crippen LogP contribution in [0.1, 0.15) is 25.0 Å². The number of hydrogen-bond donors (Lipinski definition) is 0. The van der Waals surface area contributed by atoms with E-state index in [-0.39, 0.29) is 5.97 Å². The molecule has 0 N–H and O–H groups in total. The van der Waals surface area contributed by atoms with Gasteiger partial charge < -0.3 is 9.15 Å². The fourth-order valence-corrected chi connectivity index (χ4v) is 1.76. The normalized spacial score (nSPS) is 23.1. The van der Waals surface area contributed by atoms with Crippen LogP contribution in [0.2, 0.25) is 0 Å². The first-order valence-corrected chi connectivity index (χ1v) is 5.39. The Morgan fingerprint density at radius 2 is 2.31 bits per heavy atom. The van der Waals surface area contributed by atoms with Crippen LogP contribution in [-0.2, 0) is 9.53 Å². The molecule has 1 fully saturated rings. The summed E-state index contributed by atoms with van der Waals surface area (Å²) in [6.07, 6.45) is 6.50. The maximum atomic E-state index is 11.5. The number of carbonyl (C=O) groups excluding carboxylic acids is 1. The molecule has 0 spiro atoms. The van der Waals surface area contributed by atoms with Gasteiger partial charge >= 0.3 is 5.97 Å². The van der Waals surface area contributed by atoms with Crippen molar-refractivity contribution in [1.29, 1.82) is 0 Å². The monoisotopic (exact) mass is 217 g/mol. The second kappa shape index (κ2) is 3.63. The van der Waals surface area contributed by atoms with Crippen molar-refractivity contribution in [3.8, 4) is 0 Å². The Labute approximate surface area is 92.6 Å². The summed E-state index contributed by atoms with van der Waals surface area (Å²) in [6.45, 7) is 0. The Morgan fingerprint density at radius 3 is 2.94 bits per heavy atom. The SMILES string of the molecule is O=C1OC(C2CCC2)=N/C1=C/c1ccco1. The van der Waals surface area contributed by atoms with E-state index in [0.29, 0.717) is 23.3 Å². The number of nitrogens with zero attached hydrogens (tertiary/aromatic N) is 1. The summed E-state index contributed by atoms with van der Waals surface area (Å²) in [6, 6.07) is 3.54. The van der Waals surface area contributed by atoms with Crippen molar-refractivity contribution in [1.82, 2.24) is 0 Å². The lowest BCUT2D eigenvalue weighted by Crippen LogP contribution is -2.22. The maximum Gasteiger partial charge on any atom is 0.363 e. The van der Waals surface area contributed by atoms with Crippen molar-refractivity contribution in [2.75, 3.05) is 0 Å². The van der Waals surface area contributed by atoms with Gasteiger partial charge in [0, 0.05) is 12.0 Å². The third-order valence-electron chi connectivity index (χ3n) is 2.91. The summed E-state index contributed by atoms with van der Waals surface area (Å²) >= 11 is 0. The van der Waals surface area contributed by atoms with Gasteiger partial charge in [0.2, 0.25) is 5.90 Å². The molecule has 1 aromatic rings. The molecule has 0 bridgehead atoms. The van der Waals surface area contributed by atoms with Crippen LogP contribution in [0, 0.1) is 5.92 Å². The Morgan fingerprint density at radius 1 is 1.44 bits per heavy atom. The third-order valence-corrected chi connectivity index (χ3v) is 2.91. The summed E-state index contributed by atoms with van der Waals surface area (Å²) in [5, 5.41) is 0. The Balaban J connectivity index is 1.85. The maximum absolute atomic E-state index is 11.5. The van der Waals surface area contributed by atoms with Crippen molar-refractivity contribution in [2.45, 2.75) is 19.3 Å². The first-order valence-electron chi connectivity index (χ1n) is 5.39. The number of furan rings is 1. The Hall–Kier alpha value is -1.84. The van der Waals surface area contributed by atoms with E-state index in [9.17, 15) is 4.79 Å². The number of cyclic esters (lactones) is 1. The van der Waals surface area contributed by atoms with Crippen molar-refractivity contribution >= 4 is 17.9 Å². The second-order valence-electron chi connectivity index (χ2n) is 4.01. The molecule has 1 aromatic heterocycles. The second-order valence-corrected chi connectivity index (χ2v) is 4.01. The lowest BCUT2D eigenvalue weighted by molar-refractivity contribution is -0.130. The number of rotatable bonds is 2. The molecule has 2 heterocycles. The van der Waals surface area contributed by atoms with Crippen LogP contribution in [0.4, 0.5) is 0 Å². The van der Waals surface area contributed by atoms with E-state index in [4.69, 9.17) is 9.15 Å². The van der Waals surface area contributed by atoms with Gasteiger partial charge in [-0.05, 0) is 25.0 Å². The van der Waals surface area contributed by atoms with Crippen LogP contribution >= 0.6 is 0 Å². The van der Waals surface area contributed by atoms with Gasteiger partial charge in [0.15, 0.2) is 5.70 Å². The highest BCUT2D eigenvalue weighted by Crippen LogP contribution is 2.31. The predicted octanol–water partition coefficient (Wildman–Crippen LogP) is 2.38. The van der Waals surface area contributed by atoms with Crippen LogP contribution < -0.4 is 0 Å². The van der Waals surface area contributed by atoms with Crippen molar-refractivity contribution in [3.63, 3.8) is 0 Å². The highest BCUT2D eigenvalue weighted by molar-refractivity contribution is 6.07. The van der Waals surface area contributed by atoms with Gasteiger partial charge in [-0.1, -0.05) is 6.42 Å². The van der Waals surface area contributed by atoms with Gasteiger partial charge in [-0.25, -0.2) is 9.79 Å². The van der Waals surface area contributed by atoms with E-state index >= 15 is 0 Å². The van der Waals surface area contributed by atoms with Crippen molar-refractivity contribution in [2.24, 2.45) is 10.9 Å². The lowest BCUT2D eigenvalue weighted by atomic mass is 9.85. The molecule has 3 rings (SSSR count). The summed E-state index contributed by atoms with van der Waals surface area (Å²) in [4.78, 5) is 15.7. The minimum atomic E-state index is -0.377. The first-order chi connectivity index (χ1) is 7.83. The molecule has 0 unspecified atom stereocenters. The van der Waals surface area contributed by atoms with E-state index in [1.54, 1.807) is 24.5 Å². The number of ether oxygens (including phenoxy) is 1. The summed E-state index contributed by atoms with van der Waals surface area (Å²) in [7, 11) is 0. The average molecular weight is 217 g/mol. The third kappa shape index (κ3) is 1.56. The molecule has 82 valence electrons. The molecule has 1 aliphatic carbocycles. The largest absolute Gasteiger partial charge is 0.465 e. The highest BCUT2D eigenvalue weighted by Gasteiger charge is 2.32. The van der Waals surface area contributed by atoms with Crippen molar-refractivity contribution in [3.05, 3.63) is 29.9 Å². The zero-order chi connectivity index (χ0) is 11.0. The van der Waals surface area contributed by atoms with Crippen LogP contribution in [-0.4, -0.2) is 11.9 Å². The van der Waals surface area contributed by atoms with Crippen LogP contribution in [0.3, 0.4) is 0 Å². The van der Waals surface area contributed by atoms with E-state index in [1.165, 1.54) is 6.42 Å². The zero-order valence-corrected chi connectivity index (χ0v) is 8.68. The van der Waals surface area contributed by atoms with Gasteiger partial charge in [0.25, 0.3) is 0 Å². The average Bonchev–Trinajstić information content (AvgIpc) is 2.76. The van der Waals surface area contributed by atoms with Gasteiger partial charge in [-0.15, -0.1) is 0 Å². The van der Waals surface area contributed by atoms with E-state index in [2.05, 4.69) is 4.99 Å². The molecule has 0 atom stereocenters. The lowest BCUT2D eigenvalue weighted by Gasteiger charge is -2.23. The number of carbonyl (C=O) groups is 1. The Bertz CT molecular complexity index is 466. The molecular weight excluding hydrogens is 206 g/mol. The predicted molar refractivity (Wildman–Crippen MR) is 57.6 cm³/mol.